The molecular weight excluding hydrogens is 236 g/mol. The van der Waals surface area contributed by atoms with Crippen molar-refractivity contribution in [2.75, 3.05) is 12.8 Å². The number of nitrogens with zero attached hydrogens (tertiary/aromatic N) is 2. The first kappa shape index (κ1) is 12.4. The molecule has 2 rings (SSSR count). The first-order chi connectivity index (χ1) is 8.10. The van der Waals surface area contributed by atoms with Crippen molar-refractivity contribution in [3.63, 3.8) is 0 Å². The van der Waals surface area contributed by atoms with Crippen molar-refractivity contribution in [2.45, 2.75) is 23.5 Å². The van der Waals surface area contributed by atoms with Gasteiger partial charge in [-0.15, -0.1) is 0 Å². The summed E-state index contributed by atoms with van der Waals surface area (Å²) < 4.78 is 1.94. The standard InChI is InChI=1S/C11H18N4OS/c1-13-11(9(12)16,8-3-4-8)7-17-10-14-5-6-15(10)2/h5-6,8,13H,3-4,7H2,1-2H3,(H2,12,16). The number of rotatable bonds is 6. The number of imidazole rings is 1. The number of nitrogens with two attached hydrogens (primary N) is 1. The number of hydrogen-bond donors (Lipinski definition) is 2. The van der Waals surface area contributed by atoms with E-state index < -0.39 is 5.54 Å². The Morgan fingerprint density at radius 2 is 2.47 bits per heavy atom. The molecule has 0 aromatic carbocycles. The summed E-state index contributed by atoms with van der Waals surface area (Å²) in [7, 11) is 3.75. The monoisotopic (exact) mass is 254 g/mol. The zero-order chi connectivity index (χ0) is 12.5. The molecule has 3 N–H and O–H groups in total. The topological polar surface area (TPSA) is 72.9 Å². The highest BCUT2D eigenvalue weighted by molar-refractivity contribution is 7.99. The number of aromatic nitrogens is 2. The van der Waals surface area contributed by atoms with Gasteiger partial charge in [-0.05, 0) is 25.8 Å². The van der Waals surface area contributed by atoms with Gasteiger partial charge in [-0.3, -0.25) is 4.79 Å². The van der Waals surface area contributed by atoms with Crippen molar-refractivity contribution < 1.29 is 4.79 Å². The summed E-state index contributed by atoms with van der Waals surface area (Å²) in [5.74, 6) is 0.746. The highest BCUT2D eigenvalue weighted by atomic mass is 32.2. The van der Waals surface area contributed by atoms with E-state index >= 15 is 0 Å². The number of aryl methyl sites for hydroxylation is 1. The van der Waals surface area contributed by atoms with Crippen LogP contribution in [-0.2, 0) is 11.8 Å². The van der Waals surface area contributed by atoms with Crippen LogP contribution in [-0.4, -0.2) is 33.8 Å². The maximum absolute atomic E-state index is 11.7. The average molecular weight is 254 g/mol. The van der Waals surface area contributed by atoms with Gasteiger partial charge < -0.3 is 15.6 Å². The third kappa shape index (κ3) is 2.32. The Kier molecular flexibility index (Phi) is 3.44. The smallest absolute Gasteiger partial charge is 0.238 e. The van der Waals surface area contributed by atoms with Crippen molar-refractivity contribution in [2.24, 2.45) is 18.7 Å². The second-order valence-electron chi connectivity index (χ2n) is 4.47. The quantitative estimate of drug-likeness (QED) is 0.719. The lowest BCUT2D eigenvalue weighted by Gasteiger charge is -2.29. The average Bonchev–Trinajstić information content (AvgIpc) is 3.05. The van der Waals surface area contributed by atoms with Gasteiger partial charge in [0.05, 0.1) is 0 Å². The minimum atomic E-state index is -0.587. The van der Waals surface area contributed by atoms with E-state index in [0.29, 0.717) is 11.7 Å². The molecule has 0 spiro atoms. The van der Waals surface area contributed by atoms with Crippen molar-refractivity contribution in [3.05, 3.63) is 12.4 Å². The largest absolute Gasteiger partial charge is 0.368 e. The van der Waals surface area contributed by atoms with Crippen LogP contribution in [0.4, 0.5) is 0 Å². The summed E-state index contributed by atoms with van der Waals surface area (Å²) in [4.78, 5) is 15.9. The van der Waals surface area contributed by atoms with Gasteiger partial charge >= 0.3 is 0 Å². The predicted octanol–water partition coefficient (Wildman–Crippen LogP) is 0.366. The van der Waals surface area contributed by atoms with Crippen molar-refractivity contribution in [1.29, 1.82) is 0 Å². The lowest BCUT2D eigenvalue weighted by molar-refractivity contribution is -0.124. The zero-order valence-corrected chi connectivity index (χ0v) is 11.0. The molecule has 1 atom stereocenters. The van der Waals surface area contributed by atoms with E-state index in [2.05, 4.69) is 10.3 Å². The Labute approximate surface area is 105 Å². The summed E-state index contributed by atoms with van der Waals surface area (Å²) in [5.41, 5.74) is 4.97. The van der Waals surface area contributed by atoms with E-state index in [-0.39, 0.29) is 5.91 Å². The Bertz CT molecular complexity index is 415. The maximum atomic E-state index is 11.7. The summed E-state index contributed by atoms with van der Waals surface area (Å²) in [5, 5.41) is 4.04. The lowest BCUT2D eigenvalue weighted by atomic mass is 9.95. The minimum Gasteiger partial charge on any atom is -0.368 e. The van der Waals surface area contributed by atoms with Crippen molar-refractivity contribution in [1.82, 2.24) is 14.9 Å². The number of likely N-dealkylation sites (N-methyl/N-ethyl adjacent to an activating group) is 1. The third-order valence-corrected chi connectivity index (χ3v) is 4.62. The van der Waals surface area contributed by atoms with Crippen LogP contribution in [0.15, 0.2) is 17.6 Å². The number of nitrogens with one attached hydrogen (secondary N) is 1. The van der Waals surface area contributed by atoms with E-state index in [9.17, 15) is 4.79 Å². The molecule has 1 fully saturated rings. The lowest BCUT2D eigenvalue weighted by Crippen LogP contribution is -2.57. The molecule has 1 aromatic rings. The predicted molar refractivity (Wildman–Crippen MR) is 67.6 cm³/mol. The highest BCUT2D eigenvalue weighted by Gasteiger charge is 2.48. The molecule has 1 amide bonds. The van der Waals surface area contributed by atoms with Gasteiger partial charge in [0.15, 0.2) is 5.16 Å². The zero-order valence-electron chi connectivity index (χ0n) is 10.1. The Morgan fingerprint density at radius 1 is 1.76 bits per heavy atom. The van der Waals surface area contributed by atoms with E-state index in [1.165, 1.54) is 0 Å². The highest BCUT2D eigenvalue weighted by Crippen LogP contribution is 2.41. The first-order valence-electron chi connectivity index (χ1n) is 5.69. The molecule has 1 aromatic heterocycles. The molecule has 1 aliphatic carbocycles. The van der Waals surface area contributed by atoms with Gasteiger partial charge in [-0.25, -0.2) is 4.98 Å². The molecule has 0 saturated heterocycles. The molecule has 6 heteroatoms. The van der Waals surface area contributed by atoms with Gasteiger partial charge in [-0.2, -0.15) is 0 Å². The summed E-state index contributed by atoms with van der Waals surface area (Å²) in [6.45, 7) is 0. The second-order valence-corrected chi connectivity index (χ2v) is 5.41. The molecule has 5 nitrogen and oxygen atoms in total. The molecule has 1 saturated carbocycles. The Balaban J connectivity index is 2.08. The molecular formula is C11H18N4OS. The SMILES string of the molecule is CNC(CSc1nccn1C)(C(N)=O)C1CC1. The van der Waals surface area contributed by atoms with Crippen molar-refractivity contribution in [3.8, 4) is 0 Å². The fraction of sp³-hybridized carbons (Fsp3) is 0.636. The minimum absolute atomic E-state index is 0.260. The van der Waals surface area contributed by atoms with Gasteiger partial charge in [-0.1, -0.05) is 11.8 Å². The van der Waals surface area contributed by atoms with E-state index in [1.807, 2.05) is 24.9 Å². The summed E-state index contributed by atoms with van der Waals surface area (Å²) in [6, 6.07) is 0. The molecule has 1 heterocycles. The maximum Gasteiger partial charge on any atom is 0.238 e. The van der Waals surface area contributed by atoms with Crippen LogP contribution in [0.3, 0.4) is 0 Å². The van der Waals surface area contributed by atoms with E-state index in [0.717, 1.165) is 18.0 Å². The molecule has 94 valence electrons. The normalized spacial score (nSPS) is 18.9. The van der Waals surface area contributed by atoms with Gasteiger partial charge in [0.2, 0.25) is 5.91 Å². The number of carbonyl (C=O) groups excluding carboxylic acids is 1. The number of thioether (sulfide) groups is 1. The van der Waals surface area contributed by atoms with Gasteiger partial charge in [0.1, 0.15) is 5.54 Å². The van der Waals surface area contributed by atoms with Crippen LogP contribution in [0.5, 0.6) is 0 Å². The molecule has 0 bridgehead atoms. The van der Waals surface area contributed by atoms with Crippen molar-refractivity contribution >= 4 is 17.7 Å². The van der Waals surface area contributed by atoms with Gasteiger partial charge in [0.25, 0.3) is 0 Å². The fourth-order valence-corrected chi connectivity index (χ4v) is 3.31. The number of amides is 1. The first-order valence-corrected chi connectivity index (χ1v) is 6.67. The Morgan fingerprint density at radius 3 is 2.88 bits per heavy atom. The molecule has 1 aliphatic rings. The third-order valence-electron chi connectivity index (χ3n) is 3.37. The second kappa shape index (κ2) is 4.70. The molecule has 17 heavy (non-hydrogen) atoms. The number of carbonyl (C=O) groups is 1. The number of hydrogen-bond acceptors (Lipinski definition) is 4. The Hall–Kier alpha value is -1.01. The number of primary amides is 1. The van der Waals surface area contributed by atoms with Crippen LogP contribution >= 0.6 is 11.8 Å². The molecule has 0 radical (unpaired) electrons. The van der Waals surface area contributed by atoms with Crippen LogP contribution in [0.2, 0.25) is 0 Å². The summed E-state index contributed by atoms with van der Waals surface area (Å²) in [6.07, 6.45) is 5.80. The van der Waals surface area contributed by atoms with Crippen LogP contribution in [0, 0.1) is 5.92 Å². The summed E-state index contributed by atoms with van der Waals surface area (Å²) >= 11 is 1.57. The molecule has 1 unspecified atom stereocenters. The molecule has 0 aliphatic heterocycles. The van der Waals surface area contributed by atoms with E-state index in [4.69, 9.17) is 5.73 Å². The van der Waals surface area contributed by atoms with Gasteiger partial charge in [0, 0.05) is 25.2 Å². The van der Waals surface area contributed by atoms with Crippen LogP contribution in [0.25, 0.3) is 0 Å². The van der Waals surface area contributed by atoms with E-state index in [1.54, 1.807) is 18.0 Å². The van der Waals surface area contributed by atoms with Crippen LogP contribution in [0.1, 0.15) is 12.8 Å². The van der Waals surface area contributed by atoms with Crippen LogP contribution < -0.4 is 11.1 Å². The fourth-order valence-electron chi connectivity index (χ4n) is 2.04.